The van der Waals surface area contributed by atoms with Gasteiger partial charge in [-0.3, -0.25) is 9.48 Å². The molecule has 0 saturated heterocycles. The Morgan fingerprint density at radius 2 is 1.85 bits per heavy atom. The quantitative estimate of drug-likeness (QED) is 0.330. The number of ether oxygens (including phenoxy) is 2. The van der Waals surface area contributed by atoms with Crippen molar-refractivity contribution in [3.63, 3.8) is 0 Å². The Morgan fingerprint density at radius 1 is 1.12 bits per heavy atom. The molecule has 34 heavy (non-hydrogen) atoms. The number of aryl methyl sites for hydroxylation is 2. The van der Waals surface area contributed by atoms with E-state index in [0.717, 1.165) is 28.6 Å². The van der Waals surface area contributed by atoms with Crippen molar-refractivity contribution < 1.29 is 32.5 Å². The smallest absolute Gasteiger partial charge is 0.494 e. The number of carbonyl (C=O) groups is 1. The summed E-state index contributed by atoms with van der Waals surface area (Å²) >= 11 is 0. The van der Waals surface area contributed by atoms with E-state index in [1.807, 2.05) is 31.3 Å². The fraction of sp³-hybridized carbons (Fsp3) is 0.250. The fourth-order valence-corrected chi connectivity index (χ4v) is 3.72. The minimum Gasteiger partial charge on any atom is -0.494 e. The second-order valence-corrected chi connectivity index (χ2v) is 7.76. The van der Waals surface area contributed by atoms with Gasteiger partial charge in [0.2, 0.25) is 0 Å². The molecule has 0 radical (unpaired) electrons. The number of carboxylic acids is 1. The van der Waals surface area contributed by atoms with E-state index in [0.29, 0.717) is 30.0 Å². The number of hydrogen-bond donors (Lipinski definition) is 2. The van der Waals surface area contributed by atoms with Crippen molar-refractivity contribution in [1.82, 2.24) is 14.8 Å². The molecule has 4 rings (SSSR count). The maximum Gasteiger partial charge on any atom is 0.573 e. The molecule has 178 valence electrons. The highest BCUT2D eigenvalue weighted by Gasteiger charge is 2.31. The number of hydrogen-bond acceptors (Lipinski definition) is 4. The van der Waals surface area contributed by atoms with Crippen LogP contribution in [0, 0.1) is 0 Å². The van der Waals surface area contributed by atoms with Crippen LogP contribution in [0.15, 0.2) is 54.7 Å². The van der Waals surface area contributed by atoms with Gasteiger partial charge < -0.3 is 19.6 Å². The number of nitrogens with zero attached hydrogens (tertiary/aromatic N) is 2. The predicted octanol–water partition coefficient (Wildman–Crippen LogP) is 5.11. The van der Waals surface area contributed by atoms with Gasteiger partial charge >= 0.3 is 12.3 Å². The van der Waals surface area contributed by atoms with Crippen molar-refractivity contribution in [3.05, 3.63) is 66.0 Å². The van der Waals surface area contributed by atoms with Gasteiger partial charge in [-0.05, 0) is 60.9 Å². The van der Waals surface area contributed by atoms with Crippen LogP contribution in [0.25, 0.3) is 22.2 Å². The lowest BCUT2D eigenvalue weighted by molar-refractivity contribution is -0.274. The zero-order valence-corrected chi connectivity index (χ0v) is 18.2. The molecule has 0 fully saturated rings. The number of benzene rings is 2. The minimum absolute atomic E-state index is 0.0433. The Hall–Kier alpha value is -3.95. The van der Waals surface area contributed by atoms with Crippen LogP contribution < -0.4 is 9.47 Å². The van der Waals surface area contributed by atoms with Gasteiger partial charge in [0.05, 0.1) is 18.7 Å². The number of rotatable bonds is 9. The molecule has 0 unspecified atom stereocenters. The number of carboxylic acid groups (broad SMARTS) is 1. The Balaban J connectivity index is 1.32. The maximum atomic E-state index is 12.3. The summed E-state index contributed by atoms with van der Waals surface area (Å²) in [7, 11) is 1.81. The molecule has 4 aromatic rings. The predicted molar refractivity (Wildman–Crippen MR) is 119 cm³/mol. The Bertz CT molecular complexity index is 1290. The molecule has 0 aliphatic heterocycles. The van der Waals surface area contributed by atoms with E-state index in [4.69, 9.17) is 9.84 Å². The van der Waals surface area contributed by atoms with Crippen molar-refractivity contribution in [2.45, 2.75) is 25.6 Å². The summed E-state index contributed by atoms with van der Waals surface area (Å²) in [5.41, 5.74) is 3.85. The minimum atomic E-state index is -4.72. The number of aliphatic carboxylic acids is 1. The maximum absolute atomic E-state index is 12.3. The summed E-state index contributed by atoms with van der Waals surface area (Å²) in [4.78, 5) is 14.0. The third-order valence-electron chi connectivity index (χ3n) is 5.29. The van der Waals surface area contributed by atoms with Crippen LogP contribution in [0.1, 0.15) is 17.7 Å². The number of aromatic amines is 1. The molecule has 10 heteroatoms. The van der Waals surface area contributed by atoms with Crippen LogP contribution in [-0.2, 0) is 24.7 Å². The molecule has 0 bridgehead atoms. The summed E-state index contributed by atoms with van der Waals surface area (Å²) in [5, 5.41) is 14.3. The lowest BCUT2D eigenvalue weighted by Crippen LogP contribution is -2.16. The molecule has 2 N–H and O–H groups in total. The Morgan fingerprint density at radius 3 is 2.56 bits per heavy atom. The van der Waals surface area contributed by atoms with E-state index in [-0.39, 0.29) is 12.2 Å². The van der Waals surface area contributed by atoms with Crippen molar-refractivity contribution in [1.29, 1.82) is 0 Å². The standard InChI is InChI=1S/C24H22F3N3O4/c1-30-17(12-21(29-30)15-4-6-18(7-5-15)34-24(25,26)27)3-2-10-33-19-8-9-20-16(11-23(31)32)14-28-22(20)13-19/h4-9,12-14,28H,2-3,10-11H2,1H3,(H,31,32). The van der Waals surface area contributed by atoms with Crippen LogP contribution in [0.2, 0.25) is 0 Å². The molecule has 0 amide bonds. The summed E-state index contributed by atoms with van der Waals surface area (Å²) in [5.74, 6) is -0.477. The van der Waals surface area contributed by atoms with E-state index in [9.17, 15) is 18.0 Å². The summed E-state index contributed by atoms with van der Waals surface area (Å²) in [6.07, 6.45) is -1.65. The molecular weight excluding hydrogens is 451 g/mol. The van der Waals surface area contributed by atoms with Crippen LogP contribution in [0.4, 0.5) is 13.2 Å². The average molecular weight is 473 g/mol. The lowest BCUT2D eigenvalue weighted by atomic mass is 10.1. The molecule has 7 nitrogen and oxygen atoms in total. The fourth-order valence-electron chi connectivity index (χ4n) is 3.72. The molecule has 2 aromatic heterocycles. The number of nitrogens with one attached hydrogen (secondary N) is 1. The van der Waals surface area contributed by atoms with Gasteiger partial charge in [0, 0.05) is 41.5 Å². The molecule has 2 aromatic carbocycles. The van der Waals surface area contributed by atoms with Gasteiger partial charge in [-0.1, -0.05) is 0 Å². The zero-order valence-electron chi connectivity index (χ0n) is 18.2. The third kappa shape index (κ3) is 5.69. The molecule has 0 aliphatic carbocycles. The summed E-state index contributed by atoms with van der Waals surface area (Å²) in [6.45, 7) is 0.470. The number of alkyl halides is 3. The van der Waals surface area contributed by atoms with Crippen molar-refractivity contribution in [2.24, 2.45) is 7.05 Å². The van der Waals surface area contributed by atoms with Crippen LogP contribution in [-0.4, -0.2) is 38.8 Å². The van der Waals surface area contributed by atoms with E-state index in [1.54, 1.807) is 10.9 Å². The number of fused-ring (bicyclic) bond motifs is 1. The molecular formula is C24H22F3N3O4. The molecule has 2 heterocycles. The second kappa shape index (κ2) is 9.50. The largest absolute Gasteiger partial charge is 0.573 e. The van der Waals surface area contributed by atoms with E-state index in [1.165, 1.54) is 24.3 Å². The van der Waals surface area contributed by atoms with Gasteiger partial charge in [0.25, 0.3) is 0 Å². The number of H-pyrrole nitrogens is 1. The molecule has 0 aliphatic rings. The highest BCUT2D eigenvalue weighted by Crippen LogP contribution is 2.27. The van der Waals surface area contributed by atoms with E-state index >= 15 is 0 Å². The van der Waals surface area contributed by atoms with Crippen molar-refractivity contribution >= 4 is 16.9 Å². The first-order chi connectivity index (χ1) is 16.2. The van der Waals surface area contributed by atoms with Crippen LogP contribution in [0.3, 0.4) is 0 Å². The molecule has 0 atom stereocenters. The number of aromatic nitrogens is 3. The van der Waals surface area contributed by atoms with Gasteiger partial charge in [-0.15, -0.1) is 13.2 Å². The van der Waals surface area contributed by atoms with Gasteiger partial charge in [-0.2, -0.15) is 5.10 Å². The highest BCUT2D eigenvalue weighted by atomic mass is 19.4. The Kier molecular flexibility index (Phi) is 6.49. The zero-order chi connectivity index (χ0) is 24.3. The summed E-state index contributed by atoms with van der Waals surface area (Å²) < 4.78 is 48.4. The first-order valence-corrected chi connectivity index (χ1v) is 10.5. The average Bonchev–Trinajstić information content (AvgIpc) is 3.33. The lowest BCUT2D eigenvalue weighted by Gasteiger charge is -2.08. The second-order valence-electron chi connectivity index (χ2n) is 7.76. The third-order valence-corrected chi connectivity index (χ3v) is 5.29. The summed E-state index contributed by atoms with van der Waals surface area (Å²) in [6, 6.07) is 13.0. The Labute approximate surface area is 192 Å². The molecule has 0 saturated carbocycles. The van der Waals surface area contributed by atoms with Gasteiger partial charge in [0.15, 0.2) is 0 Å². The van der Waals surface area contributed by atoms with Crippen molar-refractivity contribution in [3.8, 4) is 22.8 Å². The van der Waals surface area contributed by atoms with Gasteiger partial charge in [0.1, 0.15) is 11.5 Å². The number of halogens is 3. The van der Waals surface area contributed by atoms with E-state index in [2.05, 4.69) is 14.8 Å². The van der Waals surface area contributed by atoms with Gasteiger partial charge in [-0.25, -0.2) is 0 Å². The highest BCUT2D eigenvalue weighted by molar-refractivity contribution is 5.87. The normalized spacial score (nSPS) is 11.6. The van der Waals surface area contributed by atoms with Crippen molar-refractivity contribution in [2.75, 3.05) is 6.61 Å². The van der Waals surface area contributed by atoms with Crippen LogP contribution in [0.5, 0.6) is 11.5 Å². The SMILES string of the molecule is Cn1nc(-c2ccc(OC(F)(F)F)cc2)cc1CCCOc1ccc2c(CC(=O)O)c[nH]c2c1. The van der Waals surface area contributed by atoms with E-state index < -0.39 is 12.3 Å². The first kappa shape index (κ1) is 23.2. The van der Waals surface area contributed by atoms with Crippen LogP contribution >= 0.6 is 0 Å². The first-order valence-electron chi connectivity index (χ1n) is 10.5. The monoisotopic (exact) mass is 473 g/mol. The molecule has 0 spiro atoms. The topological polar surface area (TPSA) is 89.4 Å².